The summed E-state index contributed by atoms with van der Waals surface area (Å²) >= 11 is 1.08. The number of nitrogens with zero attached hydrogens (tertiary/aromatic N) is 1. The second kappa shape index (κ2) is 7.91. The molecule has 0 atom stereocenters. The Balaban J connectivity index is 1.84. The van der Waals surface area contributed by atoms with Gasteiger partial charge in [-0.2, -0.15) is 0 Å². The minimum atomic E-state index is 0.725. The standard InChI is InChI=1S/C14H15NO3S/c16-17-18-19-11-8-13-6-9-15(10-7-13)12-14-4-2-1-3-5-14/h1-7,9-10H,8,11-12H2/p+1. The fourth-order valence-corrected chi connectivity index (χ4v) is 2.20. The number of hydrogen-bond donors (Lipinski definition) is 1. The minimum Gasteiger partial charge on any atom is -0.220 e. The average molecular weight is 278 g/mol. The van der Waals surface area contributed by atoms with E-state index in [1.807, 2.05) is 18.2 Å². The molecule has 1 N–H and O–H groups in total. The van der Waals surface area contributed by atoms with E-state index in [0.29, 0.717) is 0 Å². The number of hydrogen-bond acceptors (Lipinski definition) is 4. The molecule has 0 saturated carbocycles. The third kappa shape index (κ3) is 5.00. The van der Waals surface area contributed by atoms with Gasteiger partial charge in [0.05, 0.1) is 0 Å². The topological polar surface area (TPSA) is 42.6 Å². The Bertz CT molecular complexity index is 476. The first-order valence-electron chi connectivity index (χ1n) is 6.00. The summed E-state index contributed by atoms with van der Waals surface area (Å²) in [5.41, 5.74) is 2.50. The number of rotatable bonds is 7. The zero-order chi connectivity index (χ0) is 13.3. The smallest absolute Gasteiger partial charge is 0.173 e. The van der Waals surface area contributed by atoms with Crippen LogP contribution in [0.2, 0.25) is 0 Å². The van der Waals surface area contributed by atoms with Crippen LogP contribution in [0.4, 0.5) is 0 Å². The largest absolute Gasteiger partial charge is 0.220 e. The van der Waals surface area contributed by atoms with E-state index < -0.39 is 0 Å². The van der Waals surface area contributed by atoms with Crippen LogP contribution in [0.15, 0.2) is 54.9 Å². The van der Waals surface area contributed by atoms with Crippen molar-refractivity contribution in [2.75, 3.05) is 5.75 Å². The van der Waals surface area contributed by atoms with Crippen molar-refractivity contribution in [3.63, 3.8) is 0 Å². The van der Waals surface area contributed by atoms with E-state index in [0.717, 1.165) is 30.8 Å². The molecule has 19 heavy (non-hydrogen) atoms. The molecule has 0 aliphatic heterocycles. The van der Waals surface area contributed by atoms with Gasteiger partial charge in [-0.05, 0) is 12.0 Å². The van der Waals surface area contributed by atoms with Crippen LogP contribution in [0.25, 0.3) is 0 Å². The van der Waals surface area contributed by atoms with Crippen LogP contribution >= 0.6 is 12.0 Å². The van der Waals surface area contributed by atoms with Crippen molar-refractivity contribution in [2.24, 2.45) is 0 Å². The summed E-state index contributed by atoms with van der Waals surface area (Å²) in [5.74, 6) is 0.725. The summed E-state index contributed by atoms with van der Waals surface area (Å²) in [6, 6.07) is 14.5. The normalized spacial score (nSPS) is 10.6. The summed E-state index contributed by atoms with van der Waals surface area (Å²) in [6.45, 7) is 0.872. The quantitative estimate of drug-likeness (QED) is 0.278. The van der Waals surface area contributed by atoms with Gasteiger partial charge in [-0.1, -0.05) is 35.4 Å². The molecule has 1 heterocycles. The summed E-state index contributed by atoms with van der Waals surface area (Å²) in [5, 5.41) is 11.5. The molecule has 100 valence electrons. The third-order valence-corrected chi connectivity index (χ3v) is 3.25. The summed E-state index contributed by atoms with van der Waals surface area (Å²) in [4.78, 5) is 0. The molecular weight excluding hydrogens is 262 g/mol. The molecule has 0 amide bonds. The van der Waals surface area contributed by atoms with Crippen LogP contribution in [-0.4, -0.2) is 11.0 Å². The zero-order valence-electron chi connectivity index (χ0n) is 10.4. The Hall–Kier alpha value is -1.40. The van der Waals surface area contributed by atoms with Gasteiger partial charge in [-0.15, -0.1) is 4.33 Å². The molecule has 0 aliphatic carbocycles. The van der Waals surface area contributed by atoms with E-state index in [9.17, 15) is 0 Å². The van der Waals surface area contributed by atoms with Gasteiger partial charge in [0, 0.05) is 35.5 Å². The van der Waals surface area contributed by atoms with E-state index in [2.05, 4.69) is 50.6 Å². The van der Waals surface area contributed by atoms with Gasteiger partial charge in [0.25, 0.3) is 0 Å². The van der Waals surface area contributed by atoms with Crippen LogP contribution in [-0.2, 0) is 22.3 Å². The number of benzene rings is 1. The number of pyridine rings is 1. The molecule has 0 radical (unpaired) electrons. The Labute approximate surface area is 116 Å². The van der Waals surface area contributed by atoms with Crippen LogP contribution in [0.3, 0.4) is 0 Å². The van der Waals surface area contributed by atoms with E-state index in [1.165, 1.54) is 11.1 Å². The first-order chi connectivity index (χ1) is 9.38. The maximum Gasteiger partial charge on any atom is 0.173 e. The predicted molar refractivity (Wildman–Crippen MR) is 73.1 cm³/mol. The van der Waals surface area contributed by atoms with Gasteiger partial charge < -0.3 is 0 Å². The van der Waals surface area contributed by atoms with Crippen molar-refractivity contribution in [2.45, 2.75) is 13.0 Å². The second-order valence-corrected chi connectivity index (χ2v) is 4.86. The second-order valence-electron chi connectivity index (χ2n) is 4.08. The Kier molecular flexibility index (Phi) is 5.84. The van der Waals surface area contributed by atoms with Crippen LogP contribution in [0, 0.1) is 0 Å². The summed E-state index contributed by atoms with van der Waals surface area (Å²) in [6.07, 6.45) is 4.99. The third-order valence-electron chi connectivity index (χ3n) is 2.72. The average Bonchev–Trinajstić information content (AvgIpc) is 2.46. The van der Waals surface area contributed by atoms with Gasteiger partial charge in [0.1, 0.15) is 0 Å². The van der Waals surface area contributed by atoms with E-state index >= 15 is 0 Å². The lowest BCUT2D eigenvalue weighted by molar-refractivity contribution is -0.688. The lowest BCUT2D eigenvalue weighted by atomic mass is 10.2. The van der Waals surface area contributed by atoms with Gasteiger partial charge in [-0.3, -0.25) is 0 Å². The van der Waals surface area contributed by atoms with Crippen molar-refractivity contribution in [1.29, 1.82) is 0 Å². The molecule has 0 unspecified atom stereocenters. The van der Waals surface area contributed by atoms with Crippen LogP contribution in [0.1, 0.15) is 11.1 Å². The Morgan fingerprint density at radius 3 is 2.42 bits per heavy atom. The van der Waals surface area contributed by atoms with Crippen LogP contribution in [0.5, 0.6) is 0 Å². The fraction of sp³-hybridized carbons (Fsp3) is 0.214. The molecule has 2 aromatic rings. The van der Waals surface area contributed by atoms with Gasteiger partial charge in [0.2, 0.25) is 0 Å². The van der Waals surface area contributed by atoms with E-state index in [1.54, 1.807) is 0 Å². The molecule has 1 aromatic heterocycles. The van der Waals surface area contributed by atoms with Crippen LogP contribution < -0.4 is 4.57 Å². The van der Waals surface area contributed by atoms with Gasteiger partial charge in [0.15, 0.2) is 18.9 Å². The first kappa shape index (κ1) is 14.0. The van der Waals surface area contributed by atoms with Gasteiger partial charge in [-0.25, -0.2) is 9.82 Å². The Morgan fingerprint density at radius 1 is 1.00 bits per heavy atom. The van der Waals surface area contributed by atoms with Crippen molar-refractivity contribution in [3.05, 3.63) is 66.0 Å². The lowest BCUT2D eigenvalue weighted by Gasteiger charge is -2.00. The highest BCUT2D eigenvalue weighted by Crippen LogP contribution is 2.07. The molecule has 4 nitrogen and oxygen atoms in total. The molecule has 0 aliphatic rings. The maximum absolute atomic E-state index is 7.99. The monoisotopic (exact) mass is 278 g/mol. The molecule has 1 aromatic carbocycles. The lowest BCUT2D eigenvalue weighted by Crippen LogP contribution is -2.33. The fourth-order valence-electron chi connectivity index (χ4n) is 1.77. The molecule has 0 spiro atoms. The van der Waals surface area contributed by atoms with Crippen molar-refractivity contribution < 1.29 is 19.2 Å². The van der Waals surface area contributed by atoms with E-state index in [4.69, 9.17) is 5.26 Å². The number of aryl methyl sites for hydroxylation is 1. The molecule has 0 fully saturated rings. The SMILES string of the molecule is OOOSCCc1cc[n+](Cc2ccccc2)cc1. The molecule has 2 rings (SSSR count). The van der Waals surface area contributed by atoms with Crippen molar-refractivity contribution in [3.8, 4) is 0 Å². The number of aromatic nitrogens is 1. The van der Waals surface area contributed by atoms with Crippen molar-refractivity contribution >= 4 is 12.0 Å². The highest BCUT2D eigenvalue weighted by Gasteiger charge is 2.02. The highest BCUT2D eigenvalue weighted by atomic mass is 32.2. The zero-order valence-corrected chi connectivity index (χ0v) is 11.3. The molecular formula is C14H16NO3S+. The van der Waals surface area contributed by atoms with Gasteiger partial charge >= 0.3 is 0 Å². The molecule has 5 heteroatoms. The highest BCUT2D eigenvalue weighted by molar-refractivity contribution is 7.94. The first-order valence-corrected chi connectivity index (χ1v) is 6.91. The molecule has 0 saturated heterocycles. The maximum atomic E-state index is 7.99. The Morgan fingerprint density at radius 2 is 1.74 bits per heavy atom. The summed E-state index contributed by atoms with van der Waals surface area (Å²) in [7, 11) is 0. The van der Waals surface area contributed by atoms with E-state index in [-0.39, 0.29) is 0 Å². The molecule has 0 bridgehead atoms. The predicted octanol–water partition coefficient (Wildman–Crippen LogP) is 2.63. The summed E-state index contributed by atoms with van der Waals surface area (Å²) < 4.78 is 6.46. The van der Waals surface area contributed by atoms with Crippen molar-refractivity contribution in [1.82, 2.24) is 0 Å². The minimum absolute atomic E-state index is 0.725.